The van der Waals surface area contributed by atoms with Gasteiger partial charge in [-0.1, -0.05) is 61.4 Å². The molecule has 2 atom stereocenters. The van der Waals surface area contributed by atoms with E-state index in [0.717, 1.165) is 24.8 Å². The first kappa shape index (κ1) is 14.3. The minimum atomic E-state index is -0.724. The van der Waals surface area contributed by atoms with E-state index >= 15 is 0 Å². The Morgan fingerprint density at radius 1 is 0.952 bits per heavy atom. The molecule has 0 amide bonds. The normalized spacial score (nSPS) is 25.8. The molecule has 110 valence electrons. The van der Waals surface area contributed by atoms with Gasteiger partial charge in [0.15, 0.2) is 0 Å². The molecule has 1 saturated carbocycles. The van der Waals surface area contributed by atoms with E-state index in [2.05, 4.69) is 56.3 Å². The first-order chi connectivity index (χ1) is 10.1. The largest absolute Gasteiger partial charge is 0.385 e. The van der Waals surface area contributed by atoms with Gasteiger partial charge in [0.25, 0.3) is 0 Å². The van der Waals surface area contributed by atoms with Crippen molar-refractivity contribution < 1.29 is 5.11 Å². The van der Waals surface area contributed by atoms with E-state index in [4.69, 9.17) is 0 Å². The second-order valence-corrected chi connectivity index (χ2v) is 6.43. The van der Waals surface area contributed by atoms with Crippen LogP contribution in [0, 0.1) is 13.8 Å². The van der Waals surface area contributed by atoms with Crippen molar-refractivity contribution in [3.05, 3.63) is 70.8 Å². The monoisotopic (exact) mass is 280 g/mol. The van der Waals surface area contributed by atoms with Gasteiger partial charge >= 0.3 is 0 Å². The van der Waals surface area contributed by atoms with E-state index in [-0.39, 0.29) is 5.92 Å². The van der Waals surface area contributed by atoms with Gasteiger partial charge in [-0.15, -0.1) is 0 Å². The molecule has 1 heteroatoms. The fourth-order valence-electron chi connectivity index (χ4n) is 3.64. The molecule has 0 spiro atoms. The highest BCUT2D eigenvalue weighted by atomic mass is 16.3. The first-order valence-corrected chi connectivity index (χ1v) is 7.96. The molecule has 1 fully saturated rings. The van der Waals surface area contributed by atoms with Gasteiger partial charge in [0.1, 0.15) is 0 Å². The van der Waals surface area contributed by atoms with Crippen LogP contribution in [0.5, 0.6) is 0 Å². The van der Waals surface area contributed by atoms with Crippen molar-refractivity contribution in [1.82, 2.24) is 0 Å². The maximum atomic E-state index is 11.5. The molecule has 0 bridgehead atoms. The second kappa shape index (κ2) is 5.65. The average molecular weight is 280 g/mol. The van der Waals surface area contributed by atoms with Crippen molar-refractivity contribution in [1.29, 1.82) is 0 Å². The van der Waals surface area contributed by atoms with Crippen LogP contribution in [-0.2, 0) is 5.60 Å². The van der Waals surface area contributed by atoms with Crippen molar-refractivity contribution >= 4 is 0 Å². The van der Waals surface area contributed by atoms with Crippen LogP contribution in [-0.4, -0.2) is 5.11 Å². The van der Waals surface area contributed by atoms with Crippen LogP contribution in [0.25, 0.3) is 0 Å². The van der Waals surface area contributed by atoms with Crippen LogP contribution in [0.2, 0.25) is 0 Å². The lowest BCUT2D eigenvalue weighted by atomic mass is 9.68. The van der Waals surface area contributed by atoms with Crippen molar-refractivity contribution in [2.24, 2.45) is 0 Å². The molecule has 0 aromatic heterocycles. The van der Waals surface area contributed by atoms with Gasteiger partial charge in [-0.25, -0.2) is 0 Å². The van der Waals surface area contributed by atoms with Gasteiger partial charge in [-0.2, -0.15) is 0 Å². The van der Waals surface area contributed by atoms with Gasteiger partial charge in [-0.05, 0) is 48.9 Å². The Morgan fingerprint density at radius 3 is 2.43 bits per heavy atom. The molecule has 2 aromatic rings. The zero-order valence-corrected chi connectivity index (χ0v) is 13.0. The van der Waals surface area contributed by atoms with Crippen LogP contribution < -0.4 is 0 Å². The molecule has 3 rings (SSSR count). The van der Waals surface area contributed by atoms with Crippen LogP contribution >= 0.6 is 0 Å². The lowest BCUT2D eigenvalue weighted by Gasteiger charge is -2.41. The third-order valence-electron chi connectivity index (χ3n) is 5.09. The molecule has 2 unspecified atom stereocenters. The molecule has 0 aliphatic heterocycles. The van der Waals surface area contributed by atoms with Crippen LogP contribution in [0.4, 0.5) is 0 Å². The average Bonchev–Trinajstić information content (AvgIpc) is 2.51. The molecule has 1 aliphatic rings. The Labute approximate surface area is 127 Å². The lowest BCUT2D eigenvalue weighted by Crippen LogP contribution is -2.36. The number of aliphatic hydroxyl groups is 1. The van der Waals surface area contributed by atoms with E-state index in [1.807, 2.05) is 6.07 Å². The Balaban J connectivity index is 2.04. The van der Waals surface area contributed by atoms with Crippen molar-refractivity contribution in [2.75, 3.05) is 0 Å². The third-order valence-corrected chi connectivity index (χ3v) is 5.09. The molecule has 1 nitrogen and oxygen atoms in total. The summed E-state index contributed by atoms with van der Waals surface area (Å²) in [5.74, 6) is 0.203. The molecule has 1 aliphatic carbocycles. The van der Waals surface area contributed by atoms with Gasteiger partial charge in [0.2, 0.25) is 0 Å². The summed E-state index contributed by atoms with van der Waals surface area (Å²) in [6.07, 6.45) is 4.22. The molecule has 0 heterocycles. The Kier molecular flexibility index (Phi) is 3.86. The fraction of sp³-hybridized carbons (Fsp3) is 0.400. The topological polar surface area (TPSA) is 20.2 Å². The second-order valence-electron chi connectivity index (χ2n) is 6.43. The summed E-state index contributed by atoms with van der Waals surface area (Å²) in [5, 5.41) is 11.5. The Morgan fingerprint density at radius 2 is 1.71 bits per heavy atom. The van der Waals surface area contributed by atoms with Crippen LogP contribution in [0.1, 0.15) is 53.9 Å². The number of aryl methyl sites for hydroxylation is 2. The van der Waals surface area contributed by atoms with Crippen molar-refractivity contribution in [2.45, 2.75) is 51.0 Å². The molecular weight excluding hydrogens is 256 g/mol. The van der Waals surface area contributed by atoms with Crippen LogP contribution in [0.3, 0.4) is 0 Å². The number of benzene rings is 2. The molecule has 2 aromatic carbocycles. The van der Waals surface area contributed by atoms with E-state index in [9.17, 15) is 5.11 Å². The highest BCUT2D eigenvalue weighted by Gasteiger charge is 2.41. The third kappa shape index (κ3) is 2.63. The first-order valence-electron chi connectivity index (χ1n) is 7.96. The van der Waals surface area contributed by atoms with Crippen molar-refractivity contribution in [3.8, 4) is 0 Å². The fourth-order valence-corrected chi connectivity index (χ4v) is 3.64. The summed E-state index contributed by atoms with van der Waals surface area (Å²) in [4.78, 5) is 0. The summed E-state index contributed by atoms with van der Waals surface area (Å²) in [6.45, 7) is 4.25. The van der Waals surface area contributed by atoms with Gasteiger partial charge < -0.3 is 5.11 Å². The Hall–Kier alpha value is -1.60. The number of hydrogen-bond donors (Lipinski definition) is 1. The number of rotatable bonds is 2. The molecule has 1 N–H and O–H groups in total. The van der Waals surface area contributed by atoms with Gasteiger partial charge in [0.05, 0.1) is 5.60 Å². The van der Waals surface area contributed by atoms with Crippen LogP contribution in [0.15, 0.2) is 48.5 Å². The summed E-state index contributed by atoms with van der Waals surface area (Å²) in [7, 11) is 0. The zero-order valence-electron chi connectivity index (χ0n) is 13.0. The number of hydrogen-bond acceptors (Lipinski definition) is 1. The molecular formula is C20H24O. The zero-order chi connectivity index (χ0) is 14.9. The lowest BCUT2D eigenvalue weighted by molar-refractivity contribution is -0.0225. The smallest absolute Gasteiger partial charge is 0.0964 e. The SMILES string of the molecule is Cc1ccc(C2(O)CCCCC2c2ccccc2)cc1C. The Bertz CT molecular complexity index is 617. The van der Waals surface area contributed by atoms with Gasteiger partial charge in [-0.3, -0.25) is 0 Å². The molecule has 21 heavy (non-hydrogen) atoms. The molecule has 0 saturated heterocycles. The highest BCUT2D eigenvalue weighted by Crippen LogP contribution is 2.47. The summed E-state index contributed by atoms with van der Waals surface area (Å²) >= 11 is 0. The van der Waals surface area contributed by atoms with E-state index in [0.29, 0.717) is 0 Å². The maximum Gasteiger partial charge on any atom is 0.0964 e. The summed E-state index contributed by atoms with van der Waals surface area (Å²) < 4.78 is 0. The van der Waals surface area contributed by atoms with E-state index in [1.54, 1.807) is 0 Å². The predicted molar refractivity (Wildman–Crippen MR) is 87.5 cm³/mol. The van der Waals surface area contributed by atoms with Gasteiger partial charge in [0, 0.05) is 5.92 Å². The quantitative estimate of drug-likeness (QED) is 0.833. The minimum Gasteiger partial charge on any atom is -0.385 e. The minimum absolute atomic E-state index is 0.203. The highest BCUT2D eigenvalue weighted by molar-refractivity contribution is 5.37. The van der Waals surface area contributed by atoms with E-state index < -0.39 is 5.60 Å². The van der Waals surface area contributed by atoms with E-state index in [1.165, 1.54) is 23.1 Å². The predicted octanol–water partition coefficient (Wildman–Crippen LogP) is 4.85. The standard InChI is InChI=1S/C20H24O/c1-15-11-12-18(14-16(15)2)20(21)13-7-6-10-19(20)17-8-4-3-5-9-17/h3-5,8-9,11-12,14,19,21H,6-7,10,13H2,1-2H3. The molecule has 0 radical (unpaired) electrons. The maximum absolute atomic E-state index is 11.5. The summed E-state index contributed by atoms with van der Waals surface area (Å²) in [6, 6.07) is 16.9. The van der Waals surface area contributed by atoms with Crippen molar-refractivity contribution in [3.63, 3.8) is 0 Å². The summed E-state index contributed by atoms with van der Waals surface area (Å²) in [5.41, 5.74) is 4.17.